The average Bonchev–Trinajstić information content (AvgIpc) is 3.21. The molecule has 4 aliphatic rings. The lowest BCUT2D eigenvalue weighted by Gasteiger charge is -2.49. The van der Waals surface area contributed by atoms with Crippen LogP contribution in [0.3, 0.4) is 0 Å². The topological polar surface area (TPSA) is 45.7 Å². The summed E-state index contributed by atoms with van der Waals surface area (Å²) in [6.07, 6.45) is 5.45. The minimum atomic E-state index is -0.324. The molecule has 6 rings (SSSR count). The molecule has 4 fully saturated rings. The Balaban J connectivity index is 1.42. The van der Waals surface area contributed by atoms with Crippen LogP contribution in [-0.4, -0.2) is 47.8 Å². The van der Waals surface area contributed by atoms with Gasteiger partial charge in [-0.25, -0.2) is 4.79 Å². The molecule has 4 aliphatic heterocycles. The number of pyridine rings is 1. The number of nitrogens with zero attached hydrogens (tertiary/aromatic N) is 3. The van der Waals surface area contributed by atoms with Gasteiger partial charge in [-0.3, -0.25) is 14.8 Å². The van der Waals surface area contributed by atoms with Gasteiger partial charge in [0.15, 0.2) is 0 Å². The van der Waals surface area contributed by atoms with Crippen LogP contribution in [0.1, 0.15) is 12.8 Å². The second-order valence-corrected chi connectivity index (χ2v) is 8.60. The number of amides is 1. The van der Waals surface area contributed by atoms with Crippen LogP contribution in [0.2, 0.25) is 5.02 Å². The van der Waals surface area contributed by atoms with Crippen molar-refractivity contribution in [2.24, 2.45) is 5.92 Å². The van der Waals surface area contributed by atoms with Crippen LogP contribution in [0, 0.1) is 5.92 Å². The molecule has 5 nitrogen and oxygen atoms in total. The fourth-order valence-electron chi connectivity index (χ4n) is 4.36. The zero-order valence-corrected chi connectivity index (χ0v) is 15.2. The number of ether oxygens (including phenoxy) is 1. The van der Waals surface area contributed by atoms with Gasteiger partial charge in [-0.1, -0.05) is 11.6 Å². The molecule has 0 saturated carbocycles. The Bertz CT molecular complexity index is 833. The van der Waals surface area contributed by atoms with Crippen molar-refractivity contribution in [3.8, 4) is 10.4 Å². The molecule has 1 spiro atoms. The Kier molecular flexibility index (Phi) is 3.55. The number of fused-ring (bicyclic) bond motifs is 2. The van der Waals surface area contributed by atoms with Gasteiger partial charge in [-0.2, -0.15) is 0 Å². The molecular formula is C18H18ClN3O2S. The quantitative estimate of drug-likeness (QED) is 0.799. The number of hydrogen-bond acceptors (Lipinski definition) is 5. The van der Waals surface area contributed by atoms with Crippen molar-refractivity contribution in [1.29, 1.82) is 0 Å². The van der Waals surface area contributed by atoms with Crippen LogP contribution in [0.15, 0.2) is 30.6 Å². The zero-order valence-electron chi connectivity index (χ0n) is 13.7. The molecule has 1 amide bonds. The van der Waals surface area contributed by atoms with Crippen molar-refractivity contribution in [3.05, 3.63) is 35.6 Å². The van der Waals surface area contributed by atoms with Gasteiger partial charge in [0.05, 0.1) is 11.6 Å². The molecule has 0 unspecified atom stereocenters. The molecule has 0 radical (unpaired) electrons. The number of anilines is 1. The first kappa shape index (κ1) is 15.6. The zero-order chi connectivity index (χ0) is 17.0. The SMILES string of the molecule is O=C1O[C@]2(CN3CCC2CC3)CN1c1ccc(-c2cncc(Cl)c2)s1. The van der Waals surface area contributed by atoms with Gasteiger partial charge in [0.2, 0.25) is 0 Å². The highest BCUT2D eigenvalue weighted by Crippen LogP contribution is 2.45. The predicted molar refractivity (Wildman–Crippen MR) is 98.3 cm³/mol. The van der Waals surface area contributed by atoms with Crippen molar-refractivity contribution in [2.45, 2.75) is 18.4 Å². The van der Waals surface area contributed by atoms with Gasteiger partial charge in [0, 0.05) is 35.3 Å². The Morgan fingerprint density at radius 2 is 2.08 bits per heavy atom. The van der Waals surface area contributed by atoms with Crippen LogP contribution in [0.5, 0.6) is 0 Å². The first-order valence-corrected chi connectivity index (χ1v) is 9.76. The highest BCUT2D eigenvalue weighted by Gasteiger charge is 2.55. The summed E-state index contributed by atoms with van der Waals surface area (Å²) < 4.78 is 5.94. The smallest absolute Gasteiger partial charge is 0.415 e. The minimum absolute atomic E-state index is 0.216. The van der Waals surface area contributed by atoms with Crippen LogP contribution >= 0.6 is 22.9 Å². The molecular weight excluding hydrogens is 358 g/mol. The first-order chi connectivity index (χ1) is 12.1. The molecule has 2 bridgehead atoms. The number of carbonyl (C=O) groups excluding carboxylic acids is 1. The number of piperidine rings is 3. The number of halogens is 1. The Morgan fingerprint density at radius 3 is 2.80 bits per heavy atom. The standard InChI is InChI=1S/C18H18ClN3O2S/c19-14-7-12(8-20-9-14)15-1-2-16(25-15)22-11-18(24-17(22)23)10-21-5-3-13(18)4-6-21/h1-2,7-9,13H,3-6,10-11H2/t18-/m1/s1. The molecule has 1 atom stereocenters. The van der Waals surface area contributed by atoms with Crippen molar-refractivity contribution in [1.82, 2.24) is 9.88 Å². The van der Waals surface area contributed by atoms with Gasteiger partial charge in [0.25, 0.3) is 0 Å². The molecule has 0 N–H and O–H groups in total. The summed E-state index contributed by atoms with van der Waals surface area (Å²) in [6, 6.07) is 5.89. The minimum Gasteiger partial charge on any atom is -0.439 e. The number of aromatic nitrogens is 1. The van der Waals surface area contributed by atoms with Crippen molar-refractivity contribution >= 4 is 34.0 Å². The van der Waals surface area contributed by atoms with Crippen molar-refractivity contribution in [3.63, 3.8) is 0 Å². The van der Waals surface area contributed by atoms with Gasteiger partial charge >= 0.3 is 6.09 Å². The van der Waals surface area contributed by atoms with Crippen LogP contribution in [0.25, 0.3) is 10.4 Å². The van der Waals surface area contributed by atoms with E-state index in [-0.39, 0.29) is 11.7 Å². The number of hydrogen-bond donors (Lipinski definition) is 0. The third-order valence-electron chi connectivity index (χ3n) is 5.61. The van der Waals surface area contributed by atoms with Crippen LogP contribution in [-0.2, 0) is 4.74 Å². The van der Waals surface area contributed by atoms with E-state index in [4.69, 9.17) is 16.3 Å². The Labute approximate surface area is 155 Å². The Morgan fingerprint density at radius 1 is 1.24 bits per heavy atom. The normalized spacial score (nSPS) is 30.9. The van der Waals surface area contributed by atoms with Gasteiger partial charge in [-0.15, -0.1) is 11.3 Å². The maximum atomic E-state index is 12.6. The van der Waals surface area contributed by atoms with E-state index < -0.39 is 0 Å². The lowest BCUT2D eigenvalue weighted by molar-refractivity contribution is -0.0881. The van der Waals surface area contributed by atoms with E-state index in [9.17, 15) is 4.79 Å². The molecule has 4 saturated heterocycles. The van der Waals surface area contributed by atoms with E-state index >= 15 is 0 Å². The lowest BCUT2D eigenvalue weighted by atomic mass is 9.75. The van der Waals surface area contributed by atoms with E-state index in [0.717, 1.165) is 47.9 Å². The maximum absolute atomic E-state index is 12.6. The number of carbonyl (C=O) groups is 1. The number of thiophene rings is 1. The summed E-state index contributed by atoms with van der Waals surface area (Å²) in [7, 11) is 0. The summed E-state index contributed by atoms with van der Waals surface area (Å²) in [4.78, 5) is 22.0. The summed E-state index contributed by atoms with van der Waals surface area (Å²) in [5.74, 6) is 0.489. The fraction of sp³-hybridized carbons (Fsp3) is 0.444. The maximum Gasteiger partial charge on any atom is 0.415 e. The van der Waals surface area contributed by atoms with Gasteiger partial charge in [-0.05, 0) is 44.1 Å². The number of rotatable bonds is 2. The molecule has 0 aliphatic carbocycles. The molecule has 25 heavy (non-hydrogen) atoms. The molecule has 130 valence electrons. The van der Waals surface area contributed by atoms with E-state index in [0.29, 0.717) is 17.5 Å². The summed E-state index contributed by atoms with van der Waals surface area (Å²) in [5.41, 5.74) is 0.642. The molecule has 2 aromatic heterocycles. The highest BCUT2D eigenvalue weighted by molar-refractivity contribution is 7.19. The summed E-state index contributed by atoms with van der Waals surface area (Å²) in [6.45, 7) is 3.79. The van der Waals surface area contributed by atoms with E-state index in [1.54, 1.807) is 28.6 Å². The van der Waals surface area contributed by atoms with Crippen molar-refractivity contribution < 1.29 is 9.53 Å². The molecule has 0 aromatic carbocycles. The van der Waals surface area contributed by atoms with E-state index in [2.05, 4.69) is 9.88 Å². The Hall–Kier alpha value is -1.63. The lowest BCUT2D eigenvalue weighted by Crippen LogP contribution is -2.61. The second kappa shape index (κ2) is 5.69. The van der Waals surface area contributed by atoms with Gasteiger partial charge < -0.3 is 4.74 Å². The summed E-state index contributed by atoms with van der Waals surface area (Å²) >= 11 is 7.61. The molecule has 6 heterocycles. The third kappa shape index (κ3) is 2.55. The van der Waals surface area contributed by atoms with E-state index in [1.165, 1.54) is 0 Å². The van der Waals surface area contributed by atoms with Gasteiger partial charge in [0.1, 0.15) is 10.6 Å². The summed E-state index contributed by atoms with van der Waals surface area (Å²) in [5, 5.41) is 1.53. The van der Waals surface area contributed by atoms with Crippen molar-refractivity contribution in [2.75, 3.05) is 31.1 Å². The largest absolute Gasteiger partial charge is 0.439 e. The van der Waals surface area contributed by atoms with Crippen LogP contribution in [0.4, 0.5) is 9.80 Å². The average molecular weight is 376 g/mol. The van der Waals surface area contributed by atoms with Crippen LogP contribution < -0.4 is 4.90 Å². The molecule has 2 aromatic rings. The van der Waals surface area contributed by atoms with E-state index in [1.807, 2.05) is 18.2 Å². The monoisotopic (exact) mass is 375 g/mol. The first-order valence-electron chi connectivity index (χ1n) is 8.57. The highest BCUT2D eigenvalue weighted by atomic mass is 35.5. The predicted octanol–water partition coefficient (Wildman–Crippen LogP) is 3.88. The fourth-order valence-corrected chi connectivity index (χ4v) is 5.51. The second-order valence-electron chi connectivity index (χ2n) is 7.10. The molecule has 7 heteroatoms. The third-order valence-corrected chi connectivity index (χ3v) is 6.97.